The molecule has 1 unspecified atom stereocenters. The van der Waals surface area contributed by atoms with E-state index in [4.69, 9.17) is 5.73 Å². The molecule has 0 spiro atoms. The molecule has 0 aromatic heterocycles. The van der Waals surface area contributed by atoms with Crippen LogP contribution in [-0.2, 0) is 10.0 Å². The summed E-state index contributed by atoms with van der Waals surface area (Å²) in [6.07, 6.45) is 2.13. The van der Waals surface area contributed by atoms with Gasteiger partial charge in [0.1, 0.15) is 0 Å². The Labute approximate surface area is 84.9 Å². The zero-order chi connectivity index (χ0) is 10.8. The predicted octanol–water partition coefficient (Wildman–Crippen LogP) is -1.02. The largest absolute Gasteiger partial charge is 0.392 e. The van der Waals surface area contributed by atoms with Crippen molar-refractivity contribution in [2.75, 3.05) is 25.9 Å². The van der Waals surface area contributed by atoms with Crippen molar-refractivity contribution in [3.05, 3.63) is 0 Å². The van der Waals surface area contributed by atoms with E-state index < -0.39 is 16.1 Å². The molecular weight excluding hydrogens is 204 g/mol. The van der Waals surface area contributed by atoms with Gasteiger partial charge in [-0.1, -0.05) is 0 Å². The second-order valence-corrected chi connectivity index (χ2v) is 5.78. The Balaban J connectivity index is 2.47. The van der Waals surface area contributed by atoms with Gasteiger partial charge in [0.15, 0.2) is 0 Å². The van der Waals surface area contributed by atoms with Crippen molar-refractivity contribution in [1.82, 2.24) is 4.31 Å². The Bertz CT molecular complexity index is 270. The van der Waals surface area contributed by atoms with Gasteiger partial charge in [-0.25, -0.2) is 12.7 Å². The van der Waals surface area contributed by atoms with Gasteiger partial charge in [-0.3, -0.25) is 0 Å². The first-order valence-electron chi connectivity index (χ1n) is 4.78. The number of sulfonamides is 1. The monoisotopic (exact) mass is 222 g/mol. The highest BCUT2D eigenvalue weighted by Gasteiger charge is 2.28. The van der Waals surface area contributed by atoms with E-state index in [0.29, 0.717) is 25.9 Å². The lowest BCUT2D eigenvalue weighted by Gasteiger charge is -2.32. The van der Waals surface area contributed by atoms with Crippen LogP contribution in [0.2, 0.25) is 0 Å². The maximum absolute atomic E-state index is 11.2. The van der Waals surface area contributed by atoms with E-state index in [-0.39, 0.29) is 12.5 Å². The van der Waals surface area contributed by atoms with E-state index in [9.17, 15) is 13.5 Å². The molecule has 0 radical (unpaired) electrons. The molecule has 1 aliphatic heterocycles. The molecule has 1 saturated heterocycles. The molecule has 0 amide bonds. The van der Waals surface area contributed by atoms with Crippen LogP contribution >= 0.6 is 0 Å². The average Bonchev–Trinajstić information content (AvgIpc) is 2.15. The summed E-state index contributed by atoms with van der Waals surface area (Å²) in [7, 11) is -3.06. The molecule has 0 aliphatic carbocycles. The molecule has 1 fully saturated rings. The summed E-state index contributed by atoms with van der Waals surface area (Å²) in [5.74, 6) is 0.151. The molecule has 1 aliphatic rings. The molecule has 1 heterocycles. The lowest BCUT2D eigenvalue weighted by atomic mass is 9.92. The number of nitrogens with zero attached hydrogens (tertiary/aromatic N) is 1. The van der Waals surface area contributed by atoms with E-state index in [2.05, 4.69) is 0 Å². The molecule has 84 valence electrons. The molecule has 6 heteroatoms. The third-order valence-electron chi connectivity index (χ3n) is 2.75. The summed E-state index contributed by atoms with van der Waals surface area (Å²) >= 11 is 0. The van der Waals surface area contributed by atoms with Crippen LogP contribution in [0.4, 0.5) is 0 Å². The Morgan fingerprint density at radius 3 is 2.36 bits per heavy atom. The van der Waals surface area contributed by atoms with E-state index in [1.165, 1.54) is 10.6 Å². The summed E-state index contributed by atoms with van der Waals surface area (Å²) in [6, 6.07) is 0. The third kappa shape index (κ3) is 2.91. The lowest BCUT2D eigenvalue weighted by Crippen LogP contribution is -2.42. The number of piperidine rings is 1. The van der Waals surface area contributed by atoms with Gasteiger partial charge in [0.2, 0.25) is 10.0 Å². The first-order valence-corrected chi connectivity index (χ1v) is 6.63. The van der Waals surface area contributed by atoms with Crippen LogP contribution < -0.4 is 5.73 Å². The number of aliphatic hydroxyl groups excluding tert-OH is 1. The number of hydrogen-bond donors (Lipinski definition) is 2. The molecular formula is C8H18N2O3S. The predicted molar refractivity (Wildman–Crippen MR) is 54.2 cm³/mol. The maximum atomic E-state index is 11.2. The summed E-state index contributed by atoms with van der Waals surface area (Å²) in [6.45, 7) is 1.25. The Hall–Kier alpha value is -0.170. The van der Waals surface area contributed by atoms with Crippen molar-refractivity contribution in [1.29, 1.82) is 0 Å². The second-order valence-electron chi connectivity index (χ2n) is 3.80. The van der Waals surface area contributed by atoms with Gasteiger partial charge in [-0.05, 0) is 18.8 Å². The fourth-order valence-corrected chi connectivity index (χ4v) is 2.66. The van der Waals surface area contributed by atoms with Gasteiger partial charge in [-0.2, -0.15) is 0 Å². The van der Waals surface area contributed by atoms with E-state index in [1.807, 2.05) is 0 Å². The van der Waals surface area contributed by atoms with Crippen molar-refractivity contribution < 1.29 is 13.5 Å². The fourth-order valence-electron chi connectivity index (χ4n) is 1.78. The Morgan fingerprint density at radius 2 is 2.00 bits per heavy atom. The smallest absolute Gasteiger partial charge is 0.211 e. The number of rotatable bonds is 3. The highest BCUT2D eigenvalue weighted by atomic mass is 32.2. The summed E-state index contributed by atoms with van der Waals surface area (Å²) < 4.78 is 23.8. The van der Waals surface area contributed by atoms with Gasteiger partial charge in [0, 0.05) is 19.6 Å². The Morgan fingerprint density at radius 1 is 1.50 bits per heavy atom. The van der Waals surface area contributed by atoms with Crippen LogP contribution in [-0.4, -0.2) is 49.8 Å². The van der Waals surface area contributed by atoms with Crippen LogP contribution in [0.15, 0.2) is 0 Å². The normalized spacial score (nSPS) is 23.6. The van der Waals surface area contributed by atoms with Crippen molar-refractivity contribution in [3.63, 3.8) is 0 Å². The van der Waals surface area contributed by atoms with Crippen molar-refractivity contribution >= 4 is 10.0 Å². The van der Waals surface area contributed by atoms with E-state index in [0.717, 1.165) is 0 Å². The Kier molecular flexibility index (Phi) is 3.88. The summed E-state index contributed by atoms with van der Waals surface area (Å²) in [5, 5.41) is 9.48. The SMILES string of the molecule is CS(=O)(=O)N1CCC(C(O)CN)CC1. The van der Waals surface area contributed by atoms with Gasteiger partial charge in [0.05, 0.1) is 12.4 Å². The summed E-state index contributed by atoms with van der Waals surface area (Å²) in [5.41, 5.74) is 5.34. The third-order valence-corrected chi connectivity index (χ3v) is 4.06. The van der Waals surface area contributed by atoms with Crippen LogP contribution in [0.3, 0.4) is 0 Å². The highest BCUT2D eigenvalue weighted by molar-refractivity contribution is 7.88. The van der Waals surface area contributed by atoms with Gasteiger partial charge >= 0.3 is 0 Å². The first-order chi connectivity index (χ1) is 6.45. The van der Waals surface area contributed by atoms with Crippen molar-refractivity contribution in [2.24, 2.45) is 11.7 Å². The molecule has 0 aromatic carbocycles. The van der Waals surface area contributed by atoms with E-state index >= 15 is 0 Å². The van der Waals surface area contributed by atoms with Crippen molar-refractivity contribution in [3.8, 4) is 0 Å². The topological polar surface area (TPSA) is 83.6 Å². The maximum Gasteiger partial charge on any atom is 0.211 e. The second kappa shape index (κ2) is 4.57. The van der Waals surface area contributed by atoms with Gasteiger partial charge in [0.25, 0.3) is 0 Å². The zero-order valence-corrected chi connectivity index (χ0v) is 9.20. The minimum Gasteiger partial charge on any atom is -0.392 e. The lowest BCUT2D eigenvalue weighted by molar-refractivity contribution is 0.0831. The van der Waals surface area contributed by atoms with E-state index in [1.54, 1.807) is 0 Å². The molecule has 1 rings (SSSR count). The van der Waals surface area contributed by atoms with Crippen LogP contribution in [0.1, 0.15) is 12.8 Å². The quantitative estimate of drug-likeness (QED) is 0.640. The average molecular weight is 222 g/mol. The highest BCUT2D eigenvalue weighted by Crippen LogP contribution is 2.21. The van der Waals surface area contributed by atoms with Crippen LogP contribution in [0.5, 0.6) is 0 Å². The zero-order valence-electron chi connectivity index (χ0n) is 8.39. The molecule has 3 N–H and O–H groups in total. The molecule has 0 saturated carbocycles. The molecule has 14 heavy (non-hydrogen) atoms. The molecule has 1 atom stereocenters. The standard InChI is InChI=1S/C8H18N2O3S/c1-14(12,13)10-4-2-7(3-5-10)8(11)6-9/h7-8,11H,2-6,9H2,1H3. The molecule has 5 nitrogen and oxygen atoms in total. The van der Waals surface area contributed by atoms with Crippen molar-refractivity contribution in [2.45, 2.75) is 18.9 Å². The molecule has 0 aromatic rings. The fraction of sp³-hybridized carbons (Fsp3) is 1.00. The van der Waals surface area contributed by atoms with Crippen LogP contribution in [0.25, 0.3) is 0 Å². The summed E-state index contributed by atoms with van der Waals surface area (Å²) in [4.78, 5) is 0. The van der Waals surface area contributed by atoms with Gasteiger partial charge in [-0.15, -0.1) is 0 Å². The molecule has 0 bridgehead atoms. The first kappa shape index (κ1) is 11.9. The van der Waals surface area contributed by atoms with Gasteiger partial charge < -0.3 is 10.8 Å². The minimum atomic E-state index is -3.06. The number of hydrogen-bond acceptors (Lipinski definition) is 4. The van der Waals surface area contributed by atoms with Crippen LogP contribution in [0, 0.1) is 5.92 Å². The number of aliphatic hydroxyl groups is 1. The minimum absolute atomic E-state index is 0.151. The number of nitrogens with two attached hydrogens (primary N) is 1.